The molecule has 0 unspecified atom stereocenters. The van der Waals surface area contributed by atoms with Gasteiger partial charge in [-0.1, -0.05) is 24.3 Å². The quantitative estimate of drug-likeness (QED) is 0.384. The Kier molecular flexibility index (Phi) is 5.29. The van der Waals surface area contributed by atoms with Gasteiger partial charge in [0.25, 0.3) is 0 Å². The summed E-state index contributed by atoms with van der Waals surface area (Å²) < 4.78 is 27.5. The molecule has 34 heavy (non-hydrogen) atoms. The third kappa shape index (κ3) is 3.59. The Bertz CT molecular complexity index is 1440. The minimum Gasteiger partial charge on any atom is -0.493 e. The molecule has 0 saturated heterocycles. The molecule has 0 bridgehead atoms. The summed E-state index contributed by atoms with van der Waals surface area (Å²) in [5.74, 6) is -0.872. The molecule has 5 nitrogen and oxygen atoms in total. The highest BCUT2D eigenvalue weighted by Gasteiger charge is 2.34. The van der Waals surface area contributed by atoms with Crippen molar-refractivity contribution in [2.75, 3.05) is 6.61 Å². The van der Waals surface area contributed by atoms with E-state index in [0.717, 1.165) is 28.7 Å². The van der Waals surface area contributed by atoms with E-state index in [1.165, 1.54) is 0 Å². The number of carboxylic acid groups (broad SMARTS) is 1. The van der Waals surface area contributed by atoms with Crippen LogP contribution in [0.1, 0.15) is 43.6 Å². The number of rotatable bonds is 4. The number of carboxylic acids is 1. The van der Waals surface area contributed by atoms with Gasteiger partial charge in [0, 0.05) is 34.5 Å². The van der Waals surface area contributed by atoms with Gasteiger partial charge >= 0.3 is 5.97 Å². The summed E-state index contributed by atoms with van der Waals surface area (Å²) in [6.07, 6.45) is 1.15. The number of hydrogen-bond acceptors (Lipinski definition) is 4. The summed E-state index contributed by atoms with van der Waals surface area (Å²) in [7, 11) is 0. The Morgan fingerprint density at radius 1 is 1.15 bits per heavy atom. The van der Waals surface area contributed by atoms with Gasteiger partial charge in [0.2, 0.25) is 0 Å². The molecule has 1 aliphatic rings. The van der Waals surface area contributed by atoms with E-state index in [9.17, 15) is 9.90 Å². The lowest BCUT2D eigenvalue weighted by molar-refractivity contribution is -0.160. The fourth-order valence-corrected chi connectivity index (χ4v) is 4.85. The van der Waals surface area contributed by atoms with Crippen LogP contribution in [0, 0.1) is 12.7 Å². The second-order valence-corrected chi connectivity index (χ2v) is 9.63. The van der Waals surface area contributed by atoms with E-state index in [4.69, 9.17) is 9.47 Å². The zero-order valence-corrected chi connectivity index (χ0v) is 19.6. The number of benzene rings is 3. The van der Waals surface area contributed by atoms with Gasteiger partial charge in [-0.15, -0.1) is 0 Å². The Balaban J connectivity index is 1.94. The SMILES string of the molecule is Cc1c([C@H](OC(C)(C)C)C(=O)O)c(-c2ccc3c4c(ccnc24)CCO3)c2ccccc2c1F. The molecule has 4 aromatic rings. The van der Waals surface area contributed by atoms with Crippen molar-refractivity contribution in [3.05, 3.63) is 71.2 Å². The lowest BCUT2D eigenvalue weighted by Crippen LogP contribution is -2.28. The molecule has 0 aliphatic carbocycles. The van der Waals surface area contributed by atoms with E-state index in [-0.39, 0.29) is 5.56 Å². The van der Waals surface area contributed by atoms with Gasteiger partial charge in [0.05, 0.1) is 17.7 Å². The highest BCUT2D eigenvalue weighted by atomic mass is 19.1. The zero-order chi connectivity index (χ0) is 24.2. The molecule has 0 amide bonds. The van der Waals surface area contributed by atoms with Crippen LogP contribution >= 0.6 is 0 Å². The summed E-state index contributed by atoms with van der Waals surface area (Å²) in [6.45, 7) is 7.57. The van der Waals surface area contributed by atoms with Crippen molar-refractivity contribution < 1.29 is 23.8 Å². The molecule has 1 N–H and O–H groups in total. The minimum absolute atomic E-state index is 0.252. The van der Waals surface area contributed by atoms with Crippen molar-refractivity contribution in [2.24, 2.45) is 0 Å². The summed E-state index contributed by atoms with van der Waals surface area (Å²) >= 11 is 0. The molecular formula is C28H26FNO4. The second kappa shape index (κ2) is 8.06. The van der Waals surface area contributed by atoms with Gasteiger partial charge < -0.3 is 14.6 Å². The molecule has 0 fully saturated rings. The monoisotopic (exact) mass is 459 g/mol. The average molecular weight is 460 g/mol. The summed E-state index contributed by atoms with van der Waals surface area (Å²) in [6, 6.07) is 12.9. The molecule has 174 valence electrons. The van der Waals surface area contributed by atoms with Crippen LogP contribution in [0.15, 0.2) is 48.7 Å². The number of pyridine rings is 1. The molecule has 2 heterocycles. The van der Waals surface area contributed by atoms with E-state index < -0.39 is 23.5 Å². The van der Waals surface area contributed by atoms with Crippen LogP contribution in [-0.4, -0.2) is 28.3 Å². The first kappa shape index (κ1) is 22.3. The third-order valence-corrected chi connectivity index (χ3v) is 6.23. The molecule has 6 heteroatoms. The first-order chi connectivity index (χ1) is 16.2. The lowest BCUT2D eigenvalue weighted by atomic mass is 9.85. The van der Waals surface area contributed by atoms with Crippen LogP contribution < -0.4 is 4.74 Å². The Labute approximate surface area is 197 Å². The molecule has 1 aliphatic heterocycles. The normalized spacial score (nSPS) is 14.3. The first-order valence-corrected chi connectivity index (χ1v) is 11.3. The van der Waals surface area contributed by atoms with E-state index in [0.29, 0.717) is 34.0 Å². The predicted octanol–water partition coefficient (Wildman–Crippen LogP) is 6.38. The van der Waals surface area contributed by atoms with Crippen molar-refractivity contribution >= 4 is 27.6 Å². The number of ether oxygens (including phenoxy) is 2. The fraction of sp³-hybridized carbons (Fsp3) is 0.286. The smallest absolute Gasteiger partial charge is 0.337 e. The summed E-state index contributed by atoms with van der Waals surface area (Å²) in [5.41, 5.74) is 2.96. The van der Waals surface area contributed by atoms with E-state index in [1.54, 1.807) is 46.0 Å². The number of hydrogen-bond donors (Lipinski definition) is 1. The molecule has 1 atom stereocenters. The Hall–Kier alpha value is -3.51. The topological polar surface area (TPSA) is 68.7 Å². The van der Waals surface area contributed by atoms with Crippen molar-refractivity contribution in [1.29, 1.82) is 0 Å². The van der Waals surface area contributed by atoms with E-state index in [1.807, 2.05) is 30.3 Å². The highest BCUT2D eigenvalue weighted by molar-refractivity contribution is 6.09. The maximum atomic E-state index is 15.6. The maximum Gasteiger partial charge on any atom is 0.337 e. The lowest BCUT2D eigenvalue weighted by Gasteiger charge is -2.29. The van der Waals surface area contributed by atoms with Gasteiger partial charge in [-0.2, -0.15) is 0 Å². The number of halogens is 1. The van der Waals surface area contributed by atoms with Crippen molar-refractivity contribution in [1.82, 2.24) is 4.98 Å². The highest BCUT2D eigenvalue weighted by Crippen LogP contribution is 2.45. The largest absolute Gasteiger partial charge is 0.493 e. The van der Waals surface area contributed by atoms with Gasteiger partial charge in [-0.05, 0) is 68.0 Å². The van der Waals surface area contributed by atoms with Crippen LogP contribution in [0.4, 0.5) is 4.39 Å². The molecule has 3 aromatic carbocycles. The van der Waals surface area contributed by atoms with Crippen LogP contribution in [0.5, 0.6) is 5.75 Å². The number of carbonyl (C=O) groups is 1. The number of aromatic nitrogens is 1. The Morgan fingerprint density at radius 3 is 2.59 bits per heavy atom. The maximum absolute atomic E-state index is 15.6. The zero-order valence-electron chi connectivity index (χ0n) is 19.6. The van der Waals surface area contributed by atoms with Crippen LogP contribution in [0.25, 0.3) is 32.8 Å². The molecule has 0 radical (unpaired) electrons. The van der Waals surface area contributed by atoms with Gasteiger partial charge in [0.1, 0.15) is 11.6 Å². The molecule has 0 saturated carbocycles. The number of nitrogens with zero attached hydrogens (tertiary/aromatic N) is 1. The molecule has 1 aromatic heterocycles. The Morgan fingerprint density at radius 2 is 1.88 bits per heavy atom. The van der Waals surface area contributed by atoms with Crippen LogP contribution in [-0.2, 0) is 16.0 Å². The van der Waals surface area contributed by atoms with E-state index >= 15 is 4.39 Å². The standard InChI is InChI=1S/C28H26FNO4/c1-15-21(26(27(31)32)34-28(2,3)4)23(17-7-5-6-8-18(17)24(15)29)19-9-10-20-22-16(12-14-33-20)11-13-30-25(19)22/h5-11,13,26H,12,14H2,1-4H3,(H,31,32)/t26-/m0/s1. The van der Waals surface area contributed by atoms with E-state index in [2.05, 4.69) is 4.98 Å². The second-order valence-electron chi connectivity index (χ2n) is 9.63. The first-order valence-electron chi connectivity index (χ1n) is 11.3. The van der Waals surface area contributed by atoms with Gasteiger partial charge in [-0.25, -0.2) is 9.18 Å². The summed E-state index contributed by atoms with van der Waals surface area (Å²) in [4.78, 5) is 17.2. The summed E-state index contributed by atoms with van der Waals surface area (Å²) in [5, 5.41) is 12.2. The molecule has 0 spiro atoms. The van der Waals surface area contributed by atoms with Crippen LogP contribution in [0.3, 0.4) is 0 Å². The fourth-order valence-electron chi connectivity index (χ4n) is 4.85. The number of aliphatic carboxylic acids is 1. The minimum atomic E-state index is -1.36. The molecule has 5 rings (SSSR count). The van der Waals surface area contributed by atoms with Crippen molar-refractivity contribution in [2.45, 2.75) is 45.8 Å². The molecular weight excluding hydrogens is 433 g/mol. The average Bonchev–Trinajstić information content (AvgIpc) is 2.80. The van der Waals surface area contributed by atoms with Gasteiger partial charge in [0.15, 0.2) is 6.10 Å². The van der Waals surface area contributed by atoms with Crippen molar-refractivity contribution in [3.63, 3.8) is 0 Å². The van der Waals surface area contributed by atoms with Crippen molar-refractivity contribution in [3.8, 4) is 16.9 Å². The van der Waals surface area contributed by atoms with Gasteiger partial charge in [-0.3, -0.25) is 4.98 Å². The number of fused-ring (bicyclic) bond motifs is 1. The third-order valence-electron chi connectivity index (χ3n) is 6.23. The predicted molar refractivity (Wildman–Crippen MR) is 130 cm³/mol. The van der Waals surface area contributed by atoms with Crippen LogP contribution in [0.2, 0.25) is 0 Å².